The summed E-state index contributed by atoms with van der Waals surface area (Å²) in [6, 6.07) is 1.14. The van der Waals surface area contributed by atoms with Crippen LogP contribution in [0.15, 0.2) is 5.38 Å². The standard InChI is InChI=1S/C16H27N3S/c1-3-17-12(2)14-11-20-16(18-14)19-10-6-8-13-7-4-5-9-15(13)19/h11-13,15,17H,3-10H2,1-2H3. The average Bonchev–Trinajstić information content (AvgIpc) is 2.97. The molecule has 1 aliphatic carbocycles. The molecule has 3 rings (SSSR count). The largest absolute Gasteiger partial charge is 0.345 e. The van der Waals surface area contributed by atoms with Gasteiger partial charge in [0.1, 0.15) is 0 Å². The third-order valence-electron chi connectivity index (χ3n) is 4.95. The smallest absolute Gasteiger partial charge is 0.185 e. The molecular weight excluding hydrogens is 266 g/mol. The summed E-state index contributed by atoms with van der Waals surface area (Å²) in [5, 5.41) is 6.97. The zero-order valence-corrected chi connectivity index (χ0v) is 13.6. The zero-order valence-electron chi connectivity index (χ0n) is 12.8. The lowest BCUT2D eigenvalue weighted by atomic mass is 9.78. The molecule has 112 valence electrons. The van der Waals surface area contributed by atoms with Crippen molar-refractivity contribution in [3.8, 4) is 0 Å². The summed E-state index contributed by atoms with van der Waals surface area (Å²) in [6.45, 7) is 6.58. The Kier molecular flexibility index (Phi) is 4.61. The number of nitrogens with zero attached hydrogens (tertiary/aromatic N) is 2. The van der Waals surface area contributed by atoms with Crippen LogP contribution in [0.3, 0.4) is 0 Å². The van der Waals surface area contributed by atoms with Crippen molar-refractivity contribution in [3.63, 3.8) is 0 Å². The number of fused-ring (bicyclic) bond motifs is 1. The lowest BCUT2D eigenvalue weighted by molar-refractivity contribution is 0.243. The van der Waals surface area contributed by atoms with Gasteiger partial charge < -0.3 is 10.2 Å². The van der Waals surface area contributed by atoms with Gasteiger partial charge in [0, 0.05) is 24.0 Å². The van der Waals surface area contributed by atoms with Crippen molar-refractivity contribution in [2.75, 3.05) is 18.0 Å². The van der Waals surface area contributed by atoms with Crippen molar-refractivity contribution >= 4 is 16.5 Å². The van der Waals surface area contributed by atoms with Gasteiger partial charge in [-0.05, 0) is 45.1 Å². The second-order valence-electron chi connectivity index (χ2n) is 6.28. The molecule has 0 amide bonds. The number of aromatic nitrogens is 1. The Morgan fingerprint density at radius 1 is 1.35 bits per heavy atom. The van der Waals surface area contributed by atoms with Crippen LogP contribution >= 0.6 is 11.3 Å². The van der Waals surface area contributed by atoms with Gasteiger partial charge in [-0.3, -0.25) is 0 Å². The predicted octanol–water partition coefficient (Wildman–Crippen LogP) is 3.97. The van der Waals surface area contributed by atoms with E-state index in [4.69, 9.17) is 4.98 Å². The summed E-state index contributed by atoms with van der Waals surface area (Å²) in [4.78, 5) is 7.55. The molecule has 4 heteroatoms. The van der Waals surface area contributed by atoms with Crippen molar-refractivity contribution < 1.29 is 0 Å². The second-order valence-corrected chi connectivity index (χ2v) is 7.12. The molecule has 1 N–H and O–H groups in total. The van der Waals surface area contributed by atoms with Crippen LogP contribution in [-0.2, 0) is 0 Å². The number of hydrogen-bond donors (Lipinski definition) is 1. The van der Waals surface area contributed by atoms with Gasteiger partial charge in [0.15, 0.2) is 5.13 Å². The van der Waals surface area contributed by atoms with E-state index >= 15 is 0 Å². The van der Waals surface area contributed by atoms with Gasteiger partial charge in [-0.25, -0.2) is 4.98 Å². The van der Waals surface area contributed by atoms with Gasteiger partial charge in [-0.1, -0.05) is 19.8 Å². The Labute approximate surface area is 126 Å². The maximum atomic E-state index is 4.93. The number of nitrogens with one attached hydrogen (secondary N) is 1. The minimum atomic E-state index is 0.372. The molecule has 1 saturated carbocycles. The van der Waals surface area contributed by atoms with Crippen LogP contribution in [0.1, 0.15) is 64.1 Å². The van der Waals surface area contributed by atoms with E-state index in [1.165, 1.54) is 55.9 Å². The molecule has 1 aromatic heterocycles. The van der Waals surface area contributed by atoms with Crippen LogP contribution in [0.25, 0.3) is 0 Å². The van der Waals surface area contributed by atoms with Gasteiger partial charge in [0.05, 0.1) is 5.69 Å². The predicted molar refractivity (Wildman–Crippen MR) is 86.5 cm³/mol. The van der Waals surface area contributed by atoms with E-state index < -0.39 is 0 Å². The Bertz CT molecular complexity index is 429. The molecule has 0 aromatic carbocycles. The van der Waals surface area contributed by atoms with Gasteiger partial charge in [-0.2, -0.15) is 0 Å². The molecule has 3 nitrogen and oxygen atoms in total. The molecule has 1 aliphatic heterocycles. The monoisotopic (exact) mass is 293 g/mol. The highest BCUT2D eigenvalue weighted by Crippen LogP contribution is 2.39. The van der Waals surface area contributed by atoms with E-state index in [1.807, 2.05) is 11.3 Å². The number of thiazole rings is 1. The van der Waals surface area contributed by atoms with Crippen LogP contribution in [-0.4, -0.2) is 24.1 Å². The Hall–Kier alpha value is -0.610. The maximum Gasteiger partial charge on any atom is 0.185 e. The molecule has 0 bridgehead atoms. The van der Waals surface area contributed by atoms with Crippen molar-refractivity contribution in [2.24, 2.45) is 5.92 Å². The van der Waals surface area contributed by atoms with Crippen LogP contribution in [0, 0.1) is 5.92 Å². The summed E-state index contributed by atoms with van der Waals surface area (Å²) in [5.41, 5.74) is 1.21. The third-order valence-corrected chi connectivity index (χ3v) is 5.85. The summed E-state index contributed by atoms with van der Waals surface area (Å²) >= 11 is 1.84. The van der Waals surface area contributed by atoms with Crippen molar-refractivity contribution in [1.29, 1.82) is 0 Å². The maximum absolute atomic E-state index is 4.93. The molecule has 20 heavy (non-hydrogen) atoms. The molecule has 1 saturated heterocycles. The van der Waals surface area contributed by atoms with Crippen molar-refractivity contribution in [3.05, 3.63) is 11.1 Å². The number of rotatable bonds is 4. The topological polar surface area (TPSA) is 28.2 Å². The van der Waals surface area contributed by atoms with E-state index in [1.54, 1.807) is 0 Å². The van der Waals surface area contributed by atoms with Crippen LogP contribution < -0.4 is 10.2 Å². The molecule has 2 aliphatic rings. The van der Waals surface area contributed by atoms with Crippen molar-refractivity contribution in [1.82, 2.24) is 10.3 Å². The Balaban J connectivity index is 1.74. The quantitative estimate of drug-likeness (QED) is 0.910. The van der Waals surface area contributed by atoms with Gasteiger partial charge in [0.25, 0.3) is 0 Å². The number of anilines is 1. The van der Waals surface area contributed by atoms with E-state index in [9.17, 15) is 0 Å². The van der Waals surface area contributed by atoms with Crippen molar-refractivity contribution in [2.45, 2.75) is 64.5 Å². The van der Waals surface area contributed by atoms with E-state index in [0.29, 0.717) is 6.04 Å². The number of piperidine rings is 1. The summed E-state index contributed by atoms with van der Waals surface area (Å²) in [6.07, 6.45) is 8.45. The molecule has 3 unspecified atom stereocenters. The molecule has 0 radical (unpaired) electrons. The fraction of sp³-hybridized carbons (Fsp3) is 0.812. The van der Waals surface area contributed by atoms with Crippen LogP contribution in [0.2, 0.25) is 0 Å². The summed E-state index contributed by atoms with van der Waals surface area (Å²) in [5.74, 6) is 0.927. The van der Waals surface area contributed by atoms with Gasteiger partial charge in [0.2, 0.25) is 0 Å². The fourth-order valence-corrected chi connectivity index (χ4v) is 4.88. The van der Waals surface area contributed by atoms with Gasteiger partial charge >= 0.3 is 0 Å². The molecule has 2 fully saturated rings. The van der Waals surface area contributed by atoms with E-state index in [2.05, 4.69) is 29.4 Å². The highest BCUT2D eigenvalue weighted by Gasteiger charge is 2.34. The zero-order chi connectivity index (χ0) is 13.9. The first kappa shape index (κ1) is 14.3. The van der Waals surface area contributed by atoms with Gasteiger partial charge in [-0.15, -0.1) is 11.3 Å². The molecule has 1 aromatic rings. The van der Waals surface area contributed by atoms with Crippen LogP contribution in [0.4, 0.5) is 5.13 Å². The first-order chi connectivity index (χ1) is 9.79. The summed E-state index contributed by atoms with van der Waals surface area (Å²) < 4.78 is 0. The van der Waals surface area contributed by atoms with E-state index in [0.717, 1.165) is 18.5 Å². The minimum absolute atomic E-state index is 0.372. The fourth-order valence-electron chi connectivity index (χ4n) is 3.88. The lowest BCUT2D eigenvalue weighted by Crippen LogP contribution is -2.46. The third kappa shape index (κ3) is 2.86. The highest BCUT2D eigenvalue weighted by atomic mass is 32.1. The minimum Gasteiger partial charge on any atom is -0.345 e. The highest BCUT2D eigenvalue weighted by molar-refractivity contribution is 7.13. The summed E-state index contributed by atoms with van der Waals surface area (Å²) in [7, 11) is 0. The molecule has 0 spiro atoms. The molecule has 2 heterocycles. The van der Waals surface area contributed by atoms with Crippen LogP contribution in [0.5, 0.6) is 0 Å². The molecule has 3 atom stereocenters. The number of hydrogen-bond acceptors (Lipinski definition) is 4. The first-order valence-electron chi connectivity index (χ1n) is 8.25. The molecular formula is C16H27N3S. The first-order valence-corrected chi connectivity index (χ1v) is 9.13. The second kappa shape index (κ2) is 6.44. The SMILES string of the molecule is CCNC(C)c1csc(N2CCCC3CCCCC32)n1. The average molecular weight is 293 g/mol. The normalized spacial score (nSPS) is 28.2. The Morgan fingerprint density at radius 3 is 3.00 bits per heavy atom. The lowest BCUT2D eigenvalue weighted by Gasteiger charge is -2.44. The van der Waals surface area contributed by atoms with E-state index in [-0.39, 0.29) is 0 Å². The Morgan fingerprint density at radius 2 is 2.15 bits per heavy atom.